The minimum atomic E-state index is -1.05. The van der Waals surface area contributed by atoms with Crippen molar-refractivity contribution in [1.82, 2.24) is 0 Å². The van der Waals surface area contributed by atoms with E-state index in [-0.39, 0.29) is 48.3 Å². The SMILES string of the molecule is O=C(O)c1csc(Cl)c1Cl.[Ar]. The van der Waals surface area contributed by atoms with Crippen LogP contribution in [0.2, 0.25) is 9.36 Å². The second-order valence-electron chi connectivity index (χ2n) is 1.54. The molecule has 1 aromatic heterocycles. The fraction of sp³-hybridized carbons (Fsp3) is 0. The molecular weight excluding hydrogens is 235 g/mol. The summed E-state index contributed by atoms with van der Waals surface area (Å²) in [6.07, 6.45) is 0. The number of rotatable bonds is 1. The van der Waals surface area contributed by atoms with E-state index in [4.69, 9.17) is 28.3 Å². The van der Waals surface area contributed by atoms with Gasteiger partial charge in [-0.25, -0.2) is 4.79 Å². The van der Waals surface area contributed by atoms with Crippen molar-refractivity contribution in [3.8, 4) is 0 Å². The summed E-state index contributed by atoms with van der Waals surface area (Å²) >= 11 is 12.1. The average molecular weight is 237 g/mol. The van der Waals surface area contributed by atoms with E-state index in [1.807, 2.05) is 0 Å². The fourth-order valence-electron chi connectivity index (χ4n) is 0.464. The molecule has 0 aliphatic heterocycles. The maximum atomic E-state index is 10.3. The first-order chi connectivity index (χ1) is 4.63. The van der Waals surface area contributed by atoms with Crippen molar-refractivity contribution in [2.24, 2.45) is 0 Å². The molecule has 0 saturated heterocycles. The minimum Gasteiger partial charge on any atom is -0.478 e. The Hall–Kier alpha value is 1.01. The van der Waals surface area contributed by atoms with Gasteiger partial charge < -0.3 is 5.11 Å². The Balaban J connectivity index is 0.000001000. The van der Waals surface area contributed by atoms with E-state index in [0.717, 1.165) is 11.3 Å². The standard InChI is InChI=1S/C5H2Cl2O2S.Ar/c6-3-2(5(8)9)1-10-4(3)7;/h1H,(H,8,9);. The zero-order valence-electron chi connectivity index (χ0n) is 4.95. The van der Waals surface area contributed by atoms with E-state index >= 15 is 0 Å². The van der Waals surface area contributed by atoms with E-state index in [1.165, 1.54) is 5.38 Å². The number of hydrogen-bond acceptors (Lipinski definition) is 2. The van der Waals surface area contributed by atoms with Crippen LogP contribution in [0.15, 0.2) is 5.38 Å². The topological polar surface area (TPSA) is 37.3 Å². The van der Waals surface area contributed by atoms with Crippen LogP contribution in [-0.2, 0) is 0 Å². The number of thiophene rings is 1. The van der Waals surface area contributed by atoms with Crippen LogP contribution in [0.5, 0.6) is 0 Å². The van der Waals surface area contributed by atoms with Crippen molar-refractivity contribution < 1.29 is 47.6 Å². The summed E-state index contributed by atoms with van der Waals surface area (Å²) in [6, 6.07) is 0. The van der Waals surface area contributed by atoms with E-state index in [0.29, 0.717) is 4.34 Å². The van der Waals surface area contributed by atoms with Gasteiger partial charge in [-0.1, -0.05) is 23.2 Å². The smallest absolute Gasteiger partial charge is 0.338 e. The second kappa shape index (κ2) is 4.90. The number of carboxylic acids is 1. The van der Waals surface area contributed by atoms with Crippen LogP contribution in [-0.4, -0.2) is 11.1 Å². The number of aromatic carboxylic acids is 1. The monoisotopic (exact) mass is 236 g/mol. The molecule has 0 spiro atoms. The number of halogens is 2. The summed E-state index contributed by atoms with van der Waals surface area (Å²) in [5.41, 5.74) is 0.0664. The normalized spacial score (nSPS) is 8.91. The van der Waals surface area contributed by atoms with Crippen molar-refractivity contribution in [2.45, 2.75) is 0 Å². The average Bonchev–Trinajstić information content (AvgIpc) is 2.14. The molecule has 1 N–H and O–H groups in total. The van der Waals surface area contributed by atoms with E-state index in [1.54, 1.807) is 0 Å². The van der Waals surface area contributed by atoms with Crippen molar-refractivity contribution in [2.75, 3.05) is 0 Å². The van der Waals surface area contributed by atoms with Crippen LogP contribution in [0.1, 0.15) is 10.4 Å². The zero-order valence-corrected chi connectivity index (χ0v) is 7.99. The molecule has 0 aliphatic carbocycles. The van der Waals surface area contributed by atoms with Gasteiger partial charge in [0.25, 0.3) is 0 Å². The largest absolute Gasteiger partial charge is 0.478 e. The third-order valence-corrected chi connectivity index (χ3v) is 2.74. The van der Waals surface area contributed by atoms with E-state index < -0.39 is 5.97 Å². The predicted octanol–water partition coefficient (Wildman–Crippen LogP) is 2.75. The van der Waals surface area contributed by atoms with Gasteiger partial charge in [0.15, 0.2) is 0 Å². The molecule has 0 aromatic carbocycles. The number of carbonyl (C=O) groups is 1. The molecule has 0 unspecified atom stereocenters. The molecule has 0 fully saturated rings. The van der Waals surface area contributed by atoms with Gasteiger partial charge in [0.2, 0.25) is 0 Å². The van der Waals surface area contributed by atoms with Crippen molar-refractivity contribution in [3.63, 3.8) is 0 Å². The summed E-state index contributed by atoms with van der Waals surface area (Å²) in [5, 5.41) is 9.98. The van der Waals surface area contributed by atoms with Crippen LogP contribution in [0, 0.1) is 37.7 Å². The van der Waals surface area contributed by atoms with Gasteiger partial charge in [0.05, 0.1) is 10.6 Å². The summed E-state index contributed by atoms with van der Waals surface area (Å²) in [6.45, 7) is 0. The molecular formula is C5H2ArCl2O2S. The van der Waals surface area contributed by atoms with Crippen molar-refractivity contribution in [1.29, 1.82) is 0 Å². The van der Waals surface area contributed by atoms with Gasteiger partial charge in [0.1, 0.15) is 4.34 Å². The second-order valence-corrected chi connectivity index (χ2v) is 3.40. The Bertz CT molecular complexity index is 273. The molecule has 0 atom stereocenters. The van der Waals surface area contributed by atoms with Crippen molar-refractivity contribution >= 4 is 40.5 Å². The zero-order chi connectivity index (χ0) is 7.72. The molecule has 0 saturated carbocycles. The van der Waals surface area contributed by atoms with Gasteiger partial charge >= 0.3 is 5.97 Å². The molecule has 62 valence electrons. The Labute approximate surface area is 107 Å². The Morgan fingerprint density at radius 1 is 1.55 bits per heavy atom. The first kappa shape index (κ1) is 12.0. The van der Waals surface area contributed by atoms with Crippen LogP contribution >= 0.6 is 34.5 Å². The van der Waals surface area contributed by atoms with Gasteiger partial charge in [-0.15, -0.1) is 11.3 Å². The number of carboxylic acid groups (broad SMARTS) is 1. The molecule has 0 radical (unpaired) electrons. The fourth-order valence-corrected chi connectivity index (χ4v) is 1.69. The van der Waals surface area contributed by atoms with Crippen LogP contribution in [0.3, 0.4) is 0 Å². The maximum Gasteiger partial charge on any atom is 0.338 e. The Kier molecular flexibility index (Phi) is 5.35. The Morgan fingerprint density at radius 3 is 2.27 bits per heavy atom. The summed E-state index contributed by atoms with van der Waals surface area (Å²) in [5.74, 6) is -1.05. The molecule has 2 nitrogen and oxygen atoms in total. The minimum absolute atomic E-state index is 0. The summed E-state index contributed by atoms with van der Waals surface area (Å²) in [4.78, 5) is 10.3. The van der Waals surface area contributed by atoms with E-state index in [2.05, 4.69) is 0 Å². The number of hydrogen-bond donors (Lipinski definition) is 1. The molecule has 0 aliphatic rings. The molecule has 6 heteroatoms. The predicted molar refractivity (Wildman–Crippen MR) is 41.3 cm³/mol. The van der Waals surface area contributed by atoms with Gasteiger partial charge in [-0.2, -0.15) is 0 Å². The van der Waals surface area contributed by atoms with Gasteiger partial charge in [0, 0.05) is 43.1 Å². The van der Waals surface area contributed by atoms with Gasteiger partial charge in [-0.05, 0) is 0 Å². The molecule has 1 aromatic rings. The third-order valence-electron chi connectivity index (χ3n) is 0.920. The van der Waals surface area contributed by atoms with E-state index in [9.17, 15) is 4.79 Å². The third kappa shape index (κ3) is 2.76. The molecule has 0 bridgehead atoms. The first-order valence-corrected chi connectivity index (χ1v) is 3.92. The Morgan fingerprint density at radius 2 is 2.09 bits per heavy atom. The first-order valence-electron chi connectivity index (χ1n) is 2.28. The molecule has 1 heterocycles. The molecule has 0 amide bonds. The van der Waals surface area contributed by atoms with Crippen LogP contribution in [0.25, 0.3) is 0 Å². The van der Waals surface area contributed by atoms with Gasteiger partial charge in [-0.3, -0.25) is 0 Å². The summed E-state index contributed by atoms with van der Waals surface area (Å²) in [7, 11) is 0. The van der Waals surface area contributed by atoms with Crippen molar-refractivity contribution in [3.05, 3.63) is 20.3 Å². The van der Waals surface area contributed by atoms with Crippen LogP contribution < -0.4 is 0 Å². The quantitative estimate of drug-likeness (QED) is 0.815. The summed E-state index contributed by atoms with van der Waals surface area (Å²) < 4.78 is 0.319. The molecule has 11 heavy (non-hydrogen) atoms. The van der Waals surface area contributed by atoms with Crippen LogP contribution in [0.4, 0.5) is 0 Å². The molecule has 1 rings (SSSR count). The maximum absolute atomic E-state index is 10.3.